The van der Waals surface area contributed by atoms with Gasteiger partial charge in [0.2, 0.25) is 22.4 Å². The molecule has 0 bridgehead atoms. The molecule has 0 atom stereocenters. The maximum absolute atomic E-state index is 5.55. The molecule has 1 aliphatic heterocycles. The van der Waals surface area contributed by atoms with E-state index in [0.717, 1.165) is 0 Å². The van der Waals surface area contributed by atoms with Crippen LogP contribution >= 0.6 is 0 Å². The minimum absolute atomic E-state index is 0.0548. The minimum atomic E-state index is -0.158. The second-order valence-electron chi connectivity index (χ2n) is 3.54. The van der Waals surface area contributed by atoms with E-state index in [2.05, 4.69) is 27.7 Å². The molecule has 1 saturated heterocycles. The molecule has 0 radical (unpaired) electrons. The lowest BCUT2D eigenvalue weighted by atomic mass is 9.90. The van der Waals surface area contributed by atoms with E-state index in [1.165, 1.54) is 0 Å². The molecule has 0 aromatic carbocycles. The van der Waals surface area contributed by atoms with E-state index < -0.39 is 0 Å². The molecule has 1 heterocycles. The van der Waals surface area contributed by atoms with Crippen LogP contribution in [0.5, 0.6) is 0 Å². The summed E-state index contributed by atoms with van der Waals surface area (Å²) < 4.78 is 11.1. The standard InChI is InChI=1S/C6H13BIO2/c1-5(2)6(3,4)10-7(8)9-5/h8H,1-4H3/q+1. The van der Waals surface area contributed by atoms with Crippen LogP contribution in [-0.4, -0.2) is 16.2 Å². The second kappa shape index (κ2) is 2.35. The van der Waals surface area contributed by atoms with Gasteiger partial charge >= 0.3 is 4.97 Å². The third-order valence-corrected chi connectivity index (χ3v) is 2.78. The van der Waals surface area contributed by atoms with E-state index >= 15 is 0 Å². The minimum Gasteiger partial charge on any atom is -0.358 e. The topological polar surface area (TPSA) is 18.5 Å². The Bertz CT molecular complexity index is 131. The van der Waals surface area contributed by atoms with Crippen molar-refractivity contribution < 1.29 is 31.7 Å². The summed E-state index contributed by atoms with van der Waals surface area (Å²) in [4.78, 5) is -0.0548. The molecule has 0 aromatic heterocycles. The SMILES string of the molecule is CC1(C)OB([IH+])OC1(C)C. The molecular formula is C6H13BIO2+. The highest BCUT2D eigenvalue weighted by Crippen LogP contribution is 2.34. The van der Waals surface area contributed by atoms with E-state index in [1.54, 1.807) is 0 Å². The van der Waals surface area contributed by atoms with Crippen LogP contribution in [-0.2, 0) is 9.31 Å². The molecule has 0 amide bonds. The predicted octanol–water partition coefficient (Wildman–Crippen LogP) is -2.14. The summed E-state index contributed by atoms with van der Waals surface area (Å²) in [6.07, 6.45) is 0. The highest BCUT2D eigenvalue weighted by Gasteiger charge is 2.56. The molecule has 2 nitrogen and oxygen atoms in total. The first-order valence-corrected chi connectivity index (χ1v) is 4.71. The molecule has 4 heteroatoms. The Hall–Kier alpha value is 0.715. The number of hydrogen-bond acceptors (Lipinski definition) is 2. The average molecular weight is 255 g/mol. The van der Waals surface area contributed by atoms with Gasteiger partial charge in [0.1, 0.15) is 0 Å². The van der Waals surface area contributed by atoms with Gasteiger partial charge in [-0.1, -0.05) is 0 Å². The zero-order valence-electron chi connectivity index (χ0n) is 6.80. The fraction of sp³-hybridized carbons (Fsp3) is 1.00. The molecule has 1 aliphatic rings. The van der Waals surface area contributed by atoms with Crippen LogP contribution in [0.15, 0.2) is 0 Å². The molecule has 1 rings (SSSR count). The van der Waals surface area contributed by atoms with Crippen LogP contribution in [0, 0.1) is 0 Å². The van der Waals surface area contributed by atoms with Crippen molar-refractivity contribution >= 4 is 4.97 Å². The summed E-state index contributed by atoms with van der Waals surface area (Å²) in [6, 6.07) is 0. The van der Waals surface area contributed by atoms with Crippen LogP contribution < -0.4 is 22.4 Å². The van der Waals surface area contributed by atoms with Crippen LogP contribution in [0.25, 0.3) is 0 Å². The first-order chi connectivity index (χ1) is 4.35. The van der Waals surface area contributed by atoms with Crippen molar-refractivity contribution in [2.24, 2.45) is 0 Å². The number of halogens is 1. The van der Waals surface area contributed by atoms with E-state index in [0.29, 0.717) is 0 Å². The lowest BCUT2D eigenvalue weighted by Crippen LogP contribution is -3.42. The molecular weight excluding hydrogens is 242 g/mol. The summed E-state index contributed by atoms with van der Waals surface area (Å²) in [5, 5.41) is 0. The Kier molecular flexibility index (Phi) is 2.07. The van der Waals surface area contributed by atoms with Crippen molar-refractivity contribution in [2.45, 2.75) is 38.9 Å². The van der Waals surface area contributed by atoms with Gasteiger partial charge in [0.15, 0.2) is 0 Å². The number of hydrogen-bond donors (Lipinski definition) is 0. The Morgan fingerprint density at radius 2 is 1.30 bits per heavy atom. The highest BCUT2D eigenvalue weighted by molar-refractivity contribution is 6.33. The van der Waals surface area contributed by atoms with Gasteiger partial charge < -0.3 is 9.31 Å². The lowest BCUT2D eigenvalue weighted by Gasteiger charge is -2.31. The number of rotatable bonds is 0. The first kappa shape index (κ1) is 8.81. The summed E-state index contributed by atoms with van der Waals surface area (Å²) in [5.41, 5.74) is -0.316. The van der Waals surface area contributed by atoms with E-state index in [1.807, 2.05) is 22.4 Å². The summed E-state index contributed by atoms with van der Waals surface area (Å²) in [6.45, 7) is 8.21. The van der Waals surface area contributed by atoms with E-state index in [9.17, 15) is 0 Å². The van der Waals surface area contributed by atoms with Gasteiger partial charge in [0, 0.05) is 0 Å². The Morgan fingerprint density at radius 1 is 1.00 bits per heavy atom. The van der Waals surface area contributed by atoms with Gasteiger partial charge in [0.25, 0.3) is 0 Å². The third kappa shape index (κ3) is 1.33. The molecule has 0 aromatic rings. The lowest BCUT2D eigenvalue weighted by molar-refractivity contribution is -0.246. The summed E-state index contributed by atoms with van der Waals surface area (Å²) in [5.74, 6) is 0. The average Bonchev–Trinajstić information content (AvgIpc) is 1.73. The van der Waals surface area contributed by atoms with E-state index in [-0.39, 0.29) is 16.2 Å². The smallest absolute Gasteiger partial charge is 0.358 e. The molecule has 1 fully saturated rings. The van der Waals surface area contributed by atoms with Gasteiger partial charge in [-0.3, -0.25) is 0 Å². The molecule has 0 aliphatic carbocycles. The summed E-state index contributed by atoms with van der Waals surface area (Å²) in [7, 11) is 0. The van der Waals surface area contributed by atoms with Crippen molar-refractivity contribution in [3.05, 3.63) is 0 Å². The maximum Gasteiger partial charge on any atom is 0.773 e. The molecule has 0 saturated carbocycles. The first-order valence-electron chi connectivity index (χ1n) is 3.37. The van der Waals surface area contributed by atoms with Gasteiger partial charge in [0.05, 0.1) is 11.2 Å². The summed E-state index contributed by atoms with van der Waals surface area (Å²) >= 11 is 1.86. The van der Waals surface area contributed by atoms with Crippen LogP contribution in [0.2, 0.25) is 0 Å². The normalized spacial score (nSPS) is 29.1. The predicted molar refractivity (Wildman–Crippen MR) is 37.5 cm³/mol. The van der Waals surface area contributed by atoms with Crippen molar-refractivity contribution in [3.63, 3.8) is 0 Å². The second-order valence-corrected chi connectivity index (χ2v) is 4.64. The fourth-order valence-electron chi connectivity index (χ4n) is 0.789. The van der Waals surface area contributed by atoms with Crippen molar-refractivity contribution in [1.82, 2.24) is 0 Å². The molecule has 0 unspecified atom stereocenters. The van der Waals surface area contributed by atoms with Crippen molar-refractivity contribution in [2.75, 3.05) is 0 Å². The zero-order chi connectivity index (χ0) is 7.99. The Morgan fingerprint density at radius 3 is 1.40 bits per heavy atom. The quantitative estimate of drug-likeness (QED) is 0.363. The van der Waals surface area contributed by atoms with Crippen LogP contribution in [0.4, 0.5) is 0 Å². The monoisotopic (exact) mass is 255 g/mol. The molecule has 58 valence electrons. The van der Waals surface area contributed by atoms with Gasteiger partial charge in [-0.15, -0.1) is 0 Å². The largest absolute Gasteiger partial charge is 0.773 e. The van der Waals surface area contributed by atoms with Gasteiger partial charge in [-0.25, -0.2) is 0 Å². The highest BCUT2D eigenvalue weighted by atomic mass is 127. The van der Waals surface area contributed by atoms with Gasteiger partial charge in [-0.05, 0) is 27.7 Å². The van der Waals surface area contributed by atoms with Crippen molar-refractivity contribution in [1.29, 1.82) is 0 Å². The molecule has 0 spiro atoms. The Balaban J connectivity index is 2.78. The molecule has 10 heavy (non-hydrogen) atoms. The maximum atomic E-state index is 5.55. The van der Waals surface area contributed by atoms with E-state index in [4.69, 9.17) is 9.31 Å². The Labute approximate surface area is 75.7 Å². The zero-order valence-corrected chi connectivity index (χ0v) is 9.13. The van der Waals surface area contributed by atoms with Crippen LogP contribution in [0.1, 0.15) is 27.7 Å². The van der Waals surface area contributed by atoms with Gasteiger partial charge in [-0.2, -0.15) is 0 Å². The van der Waals surface area contributed by atoms with Crippen LogP contribution in [0.3, 0.4) is 0 Å². The van der Waals surface area contributed by atoms with Crippen molar-refractivity contribution in [3.8, 4) is 0 Å². The molecule has 0 N–H and O–H groups in total. The fourth-order valence-corrected chi connectivity index (χ4v) is 2.16. The third-order valence-electron chi connectivity index (χ3n) is 2.23.